The minimum Gasteiger partial charge on any atom is -0.374 e. The van der Waals surface area contributed by atoms with E-state index >= 15 is 0 Å². The van der Waals surface area contributed by atoms with Crippen molar-refractivity contribution in [1.29, 1.82) is 0 Å². The lowest BCUT2D eigenvalue weighted by Gasteiger charge is -2.28. The number of nitrogen functional groups attached to an aromatic ring is 1. The van der Waals surface area contributed by atoms with Crippen LogP contribution >= 0.6 is 0 Å². The Bertz CT molecular complexity index is 961. The number of H-pyrrole nitrogens is 1. The summed E-state index contributed by atoms with van der Waals surface area (Å²) < 4.78 is 41.4. The van der Waals surface area contributed by atoms with E-state index in [1.165, 1.54) is 6.33 Å². The first-order chi connectivity index (χ1) is 11.9. The second-order valence-corrected chi connectivity index (χ2v) is 6.22. The molecule has 4 rings (SSSR count). The highest BCUT2D eigenvalue weighted by atomic mass is 19.4. The van der Waals surface area contributed by atoms with Gasteiger partial charge < -0.3 is 15.6 Å². The zero-order valence-corrected chi connectivity index (χ0v) is 13.6. The van der Waals surface area contributed by atoms with E-state index in [0.717, 1.165) is 42.5 Å². The monoisotopic (exact) mass is 348 g/mol. The first-order valence-electron chi connectivity index (χ1n) is 7.95. The molecule has 0 saturated carbocycles. The molecule has 0 unspecified atom stereocenters. The number of aromatic amines is 1. The van der Waals surface area contributed by atoms with Crippen molar-refractivity contribution in [3.8, 4) is 5.69 Å². The van der Waals surface area contributed by atoms with E-state index in [2.05, 4.69) is 14.9 Å². The lowest BCUT2D eigenvalue weighted by atomic mass is 10.00. The fourth-order valence-corrected chi connectivity index (χ4v) is 3.50. The van der Waals surface area contributed by atoms with Crippen LogP contribution in [0.5, 0.6) is 0 Å². The number of nitrogens with one attached hydrogen (secondary N) is 1. The lowest BCUT2D eigenvalue weighted by Crippen LogP contribution is -2.38. The van der Waals surface area contributed by atoms with Crippen LogP contribution in [0.25, 0.3) is 16.7 Å². The summed E-state index contributed by atoms with van der Waals surface area (Å²) in [5.41, 5.74) is 8.38. The molecule has 0 atom stereocenters. The van der Waals surface area contributed by atoms with Gasteiger partial charge in [-0.25, -0.2) is 4.57 Å². The number of hydrogen-bond acceptors (Lipinski definition) is 3. The molecule has 3 heterocycles. The molecule has 0 spiro atoms. The third-order valence-electron chi connectivity index (χ3n) is 4.70. The van der Waals surface area contributed by atoms with Crippen molar-refractivity contribution in [3.63, 3.8) is 0 Å². The predicted molar refractivity (Wildman–Crippen MR) is 88.6 cm³/mol. The van der Waals surface area contributed by atoms with Crippen LogP contribution < -0.4 is 15.2 Å². The van der Waals surface area contributed by atoms with Gasteiger partial charge in [-0.15, -0.1) is 0 Å². The topological polar surface area (TPSA) is 61.8 Å². The fraction of sp³-hybridized carbons (Fsp3) is 0.294. The van der Waals surface area contributed by atoms with Crippen molar-refractivity contribution in [2.45, 2.75) is 19.0 Å². The Morgan fingerprint density at radius 2 is 2.12 bits per heavy atom. The first-order valence-corrected chi connectivity index (χ1v) is 7.95. The summed E-state index contributed by atoms with van der Waals surface area (Å²) in [5.74, 6) is 0.0280. The average molecular weight is 348 g/mol. The standard InChI is InChI=1S/C17H16F3N5/c1-24-7-3-4-10-12(24)5-2-6-13(10)25-9-23-16-14(15(25)21)11(8-22-16)17(18,19)20/h2,5-6,8-9H,3-4,7H2,1H3,(H2,21,22)/p+1. The van der Waals surface area contributed by atoms with Gasteiger partial charge in [0.15, 0.2) is 0 Å². The van der Waals surface area contributed by atoms with E-state index in [4.69, 9.17) is 5.73 Å². The second-order valence-electron chi connectivity index (χ2n) is 6.22. The van der Waals surface area contributed by atoms with Gasteiger partial charge in [0, 0.05) is 31.0 Å². The Hall–Kier alpha value is -2.77. The minimum absolute atomic E-state index is 0.0280. The van der Waals surface area contributed by atoms with Gasteiger partial charge in [-0.3, -0.25) is 0 Å². The number of aromatic nitrogens is 3. The van der Waals surface area contributed by atoms with E-state index in [0.29, 0.717) is 0 Å². The number of nitrogens with two attached hydrogens (primary N) is 1. The summed E-state index contributed by atoms with van der Waals surface area (Å²) in [6.45, 7) is 0.948. The minimum atomic E-state index is -4.50. The molecule has 3 N–H and O–H groups in total. The molecule has 130 valence electrons. The highest BCUT2D eigenvalue weighted by Gasteiger charge is 2.37. The Kier molecular flexibility index (Phi) is 3.38. The third kappa shape index (κ3) is 2.40. The maximum absolute atomic E-state index is 13.3. The Morgan fingerprint density at radius 1 is 1.32 bits per heavy atom. The smallest absolute Gasteiger partial charge is 0.374 e. The van der Waals surface area contributed by atoms with E-state index in [-0.39, 0.29) is 16.9 Å². The molecule has 0 aliphatic carbocycles. The van der Waals surface area contributed by atoms with Crippen LogP contribution in [0.4, 0.5) is 24.7 Å². The van der Waals surface area contributed by atoms with E-state index < -0.39 is 11.7 Å². The van der Waals surface area contributed by atoms with Crippen molar-refractivity contribution in [2.24, 2.45) is 0 Å². The third-order valence-corrected chi connectivity index (χ3v) is 4.70. The van der Waals surface area contributed by atoms with Crippen molar-refractivity contribution in [3.05, 3.63) is 41.9 Å². The number of benzene rings is 1. The van der Waals surface area contributed by atoms with Crippen molar-refractivity contribution in [2.75, 3.05) is 24.2 Å². The molecule has 0 amide bonds. The summed E-state index contributed by atoms with van der Waals surface area (Å²) in [4.78, 5) is 8.83. The van der Waals surface area contributed by atoms with Crippen LogP contribution in [0.3, 0.4) is 0 Å². The SMILES string of the molecule is CN1CCCc2c1cccc2-[n+]1cnc2[nH]cc(C(F)(F)F)c2c1N. The van der Waals surface area contributed by atoms with Gasteiger partial charge in [-0.05, 0) is 25.0 Å². The molecular formula is C17H17F3N5+. The molecule has 25 heavy (non-hydrogen) atoms. The quantitative estimate of drug-likeness (QED) is 0.665. The van der Waals surface area contributed by atoms with Gasteiger partial charge in [0.2, 0.25) is 17.8 Å². The number of nitrogens with zero attached hydrogens (tertiary/aromatic N) is 3. The fourth-order valence-electron chi connectivity index (χ4n) is 3.50. The van der Waals surface area contributed by atoms with Crippen LogP contribution in [0, 0.1) is 0 Å². The van der Waals surface area contributed by atoms with Crippen LogP contribution in [-0.4, -0.2) is 23.6 Å². The molecule has 3 aromatic rings. The molecule has 1 aliphatic heterocycles. The van der Waals surface area contributed by atoms with Gasteiger partial charge in [0.25, 0.3) is 0 Å². The maximum Gasteiger partial charge on any atom is 0.418 e. The Labute approximate surface area is 141 Å². The zero-order chi connectivity index (χ0) is 17.8. The summed E-state index contributed by atoms with van der Waals surface area (Å²) in [6, 6.07) is 5.76. The molecule has 1 aromatic carbocycles. The summed E-state index contributed by atoms with van der Waals surface area (Å²) in [6.07, 6.45) is -0.289. The maximum atomic E-state index is 13.3. The van der Waals surface area contributed by atoms with Crippen LogP contribution in [0.1, 0.15) is 17.5 Å². The van der Waals surface area contributed by atoms with Gasteiger partial charge in [-0.2, -0.15) is 13.2 Å². The van der Waals surface area contributed by atoms with Crippen LogP contribution in [0.15, 0.2) is 30.7 Å². The summed E-state index contributed by atoms with van der Waals surface area (Å²) in [5, 5.41) is -0.100. The summed E-state index contributed by atoms with van der Waals surface area (Å²) in [7, 11) is 2.01. The highest BCUT2D eigenvalue weighted by Crippen LogP contribution is 2.36. The second kappa shape index (κ2) is 5.37. The molecular weight excluding hydrogens is 331 g/mol. The van der Waals surface area contributed by atoms with Crippen molar-refractivity contribution >= 4 is 22.5 Å². The zero-order valence-electron chi connectivity index (χ0n) is 13.6. The van der Waals surface area contributed by atoms with Gasteiger partial charge in [-0.1, -0.05) is 11.1 Å². The Balaban J connectivity index is 1.97. The van der Waals surface area contributed by atoms with E-state index in [1.54, 1.807) is 4.57 Å². The number of hydrogen-bond donors (Lipinski definition) is 2. The number of anilines is 2. The Morgan fingerprint density at radius 3 is 2.88 bits per heavy atom. The van der Waals surface area contributed by atoms with Crippen molar-refractivity contribution in [1.82, 2.24) is 9.97 Å². The lowest BCUT2D eigenvalue weighted by molar-refractivity contribution is -0.582. The first kappa shape index (κ1) is 15.7. The molecule has 0 fully saturated rings. The van der Waals surface area contributed by atoms with Crippen LogP contribution in [-0.2, 0) is 12.6 Å². The van der Waals surface area contributed by atoms with E-state index in [9.17, 15) is 13.2 Å². The average Bonchev–Trinajstić information content (AvgIpc) is 3.01. The largest absolute Gasteiger partial charge is 0.418 e. The van der Waals surface area contributed by atoms with Gasteiger partial charge in [0.1, 0.15) is 11.1 Å². The molecule has 1 aliphatic rings. The number of rotatable bonds is 1. The molecule has 2 aromatic heterocycles. The number of fused-ring (bicyclic) bond motifs is 2. The number of alkyl halides is 3. The molecule has 5 nitrogen and oxygen atoms in total. The molecule has 0 radical (unpaired) electrons. The van der Waals surface area contributed by atoms with Gasteiger partial charge >= 0.3 is 6.18 Å². The summed E-state index contributed by atoms with van der Waals surface area (Å²) >= 11 is 0. The number of halogens is 3. The predicted octanol–water partition coefficient (Wildman–Crippen LogP) is 2.82. The normalized spacial score (nSPS) is 14.8. The highest BCUT2D eigenvalue weighted by molar-refractivity contribution is 5.88. The van der Waals surface area contributed by atoms with Crippen molar-refractivity contribution < 1.29 is 17.7 Å². The van der Waals surface area contributed by atoms with E-state index in [1.807, 2.05) is 25.2 Å². The molecule has 8 heteroatoms. The molecule has 0 bridgehead atoms. The van der Waals surface area contributed by atoms with Gasteiger partial charge in [0.05, 0.1) is 5.56 Å². The van der Waals surface area contributed by atoms with Crippen LogP contribution in [0.2, 0.25) is 0 Å². The molecule has 0 saturated heterocycles.